The van der Waals surface area contributed by atoms with Gasteiger partial charge in [0.15, 0.2) is 0 Å². The molecule has 0 aromatic heterocycles. The van der Waals surface area contributed by atoms with Crippen molar-refractivity contribution in [1.29, 1.82) is 0 Å². The molecule has 2 saturated heterocycles. The molecule has 1 aromatic rings. The van der Waals surface area contributed by atoms with E-state index in [9.17, 15) is 4.79 Å². The minimum Gasteiger partial charge on any atom is -0.349 e. The molecule has 2 atom stereocenters. The third-order valence-electron chi connectivity index (χ3n) is 4.24. The maximum absolute atomic E-state index is 12.3. The highest BCUT2D eigenvalue weighted by atomic mass is 127. The lowest BCUT2D eigenvalue weighted by Gasteiger charge is -2.29. The van der Waals surface area contributed by atoms with Crippen LogP contribution >= 0.6 is 22.6 Å². The van der Waals surface area contributed by atoms with Gasteiger partial charge in [-0.2, -0.15) is 0 Å². The number of nitrogens with one attached hydrogen (secondary N) is 2. The van der Waals surface area contributed by atoms with E-state index in [1.165, 1.54) is 18.4 Å². The van der Waals surface area contributed by atoms with Crippen LogP contribution in [0.5, 0.6) is 0 Å². The van der Waals surface area contributed by atoms with Gasteiger partial charge in [0, 0.05) is 27.3 Å². The molecule has 2 heterocycles. The van der Waals surface area contributed by atoms with Crippen molar-refractivity contribution in [2.45, 2.75) is 50.7 Å². The van der Waals surface area contributed by atoms with E-state index in [0.29, 0.717) is 18.1 Å². The molecule has 1 aromatic carbocycles. The molecule has 19 heavy (non-hydrogen) atoms. The van der Waals surface area contributed by atoms with Crippen molar-refractivity contribution in [3.8, 4) is 0 Å². The van der Waals surface area contributed by atoms with E-state index in [2.05, 4.69) is 40.1 Å². The molecule has 102 valence electrons. The van der Waals surface area contributed by atoms with Crippen molar-refractivity contribution >= 4 is 28.5 Å². The van der Waals surface area contributed by atoms with Gasteiger partial charge in [0.1, 0.15) is 0 Å². The summed E-state index contributed by atoms with van der Waals surface area (Å²) in [6.45, 7) is 2.06. The molecule has 2 N–H and O–H groups in total. The average molecular weight is 370 g/mol. The van der Waals surface area contributed by atoms with E-state index in [1.807, 2.05) is 18.2 Å². The number of carbonyl (C=O) groups excluding carboxylic acids is 1. The second-order valence-corrected chi connectivity index (χ2v) is 6.91. The zero-order chi connectivity index (χ0) is 13.4. The maximum Gasteiger partial charge on any atom is 0.251 e. The van der Waals surface area contributed by atoms with Gasteiger partial charge in [-0.1, -0.05) is 6.07 Å². The molecule has 2 fully saturated rings. The van der Waals surface area contributed by atoms with Gasteiger partial charge in [0.25, 0.3) is 5.91 Å². The van der Waals surface area contributed by atoms with E-state index < -0.39 is 0 Å². The summed E-state index contributed by atoms with van der Waals surface area (Å²) in [7, 11) is 0. The first-order chi connectivity index (χ1) is 9.11. The molecular weight excluding hydrogens is 351 g/mol. The van der Waals surface area contributed by atoms with Crippen LogP contribution in [-0.2, 0) is 0 Å². The first-order valence-corrected chi connectivity index (χ1v) is 8.03. The van der Waals surface area contributed by atoms with Crippen molar-refractivity contribution < 1.29 is 4.79 Å². The number of fused-ring (bicyclic) bond motifs is 2. The summed E-state index contributed by atoms with van der Waals surface area (Å²) in [5, 5.41) is 6.80. The van der Waals surface area contributed by atoms with Crippen LogP contribution in [0.15, 0.2) is 18.2 Å². The number of hydrogen-bond acceptors (Lipinski definition) is 2. The Bertz CT molecular complexity index is 491. The van der Waals surface area contributed by atoms with Gasteiger partial charge in [-0.15, -0.1) is 0 Å². The van der Waals surface area contributed by atoms with Crippen LogP contribution in [0.1, 0.15) is 41.6 Å². The quantitative estimate of drug-likeness (QED) is 0.786. The summed E-state index contributed by atoms with van der Waals surface area (Å²) >= 11 is 2.28. The lowest BCUT2D eigenvalue weighted by molar-refractivity contribution is 0.0924. The third-order valence-corrected chi connectivity index (χ3v) is 5.40. The van der Waals surface area contributed by atoms with Crippen molar-refractivity contribution in [2.24, 2.45) is 0 Å². The summed E-state index contributed by atoms with van der Waals surface area (Å²) in [4.78, 5) is 12.3. The first-order valence-electron chi connectivity index (χ1n) is 6.95. The highest BCUT2D eigenvalue weighted by Crippen LogP contribution is 2.27. The largest absolute Gasteiger partial charge is 0.349 e. The highest BCUT2D eigenvalue weighted by molar-refractivity contribution is 14.1. The Kier molecular flexibility index (Phi) is 3.80. The minimum atomic E-state index is 0.0733. The van der Waals surface area contributed by atoms with E-state index in [1.54, 1.807) is 0 Å². The number of carbonyl (C=O) groups is 1. The van der Waals surface area contributed by atoms with E-state index in [4.69, 9.17) is 0 Å². The third kappa shape index (κ3) is 2.94. The van der Waals surface area contributed by atoms with Crippen molar-refractivity contribution in [3.63, 3.8) is 0 Å². The van der Waals surface area contributed by atoms with Gasteiger partial charge < -0.3 is 10.6 Å². The van der Waals surface area contributed by atoms with Crippen molar-refractivity contribution in [2.75, 3.05) is 0 Å². The highest BCUT2D eigenvalue weighted by Gasteiger charge is 2.34. The van der Waals surface area contributed by atoms with Gasteiger partial charge >= 0.3 is 0 Å². The number of benzene rings is 1. The van der Waals surface area contributed by atoms with Crippen LogP contribution in [0.2, 0.25) is 0 Å². The zero-order valence-corrected chi connectivity index (χ0v) is 13.2. The number of halogens is 1. The molecule has 1 amide bonds. The lowest BCUT2D eigenvalue weighted by Crippen LogP contribution is -2.48. The van der Waals surface area contributed by atoms with E-state index in [-0.39, 0.29) is 5.91 Å². The second kappa shape index (κ2) is 5.40. The normalized spacial score (nSPS) is 29.3. The standard InChI is InChI=1S/C15H19IN2O/c1-9-2-3-10(6-14(9)16)15(19)18-13-7-11-4-5-12(8-13)17-11/h2-3,6,11-13,17H,4-5,7-8H2,1H3,(H,18,19). The van der Waals surface area contributed by atoms with Gasteiger partial charge in [-0.25, -0.2) is 0 Å². The summed E-state index contributed by atoms with van der Waals surface area (Å²) in [5.74, 6) is 0.0733. The zero-order valence-electron chi connectivity index (χ0n) is 11.1. The Hall–Kier alpha value is -0.620. The molecule has 0 radical (unpaired) electrons. The van der Waals surface area contributed by atoms with Crippen LogP contribution in [0.3, 0.4) is 0 Å². The van der Waals surface area contributed by atoms with Crippen LogP contribution in [0.4, 0.5) is 0 Å². The molecule has 2 aliphatic heterocycles. The maximum atomic E-state index is 12.3. The fourth-order valence-electron chi connectivity index (χ4n) is 3.18. The first kappa shape index (κ1) is 13.4. The predicted molar refractivity (Wildman–Crippen MR) is 84.3 cm³/mol. The fraction of sp³-hybridized carbons (Fsp3) is 0.533. The molecule has 4 heteroatoms. The van der Waals surface area contributed by atoms with Crippen molar-refractivity contribution in [1.82, 2.24) is 10.6 Å². The van der Waals surface area contributed by atoms with E-state index in [0.717, 1.165) is 22.0 Å². The van der Waals surface area contributed by atoms with Crippen LogP contribution in [0.25, 0.3) is 0 Å². The van der Waals surface area contributed by atoms with Gasteiger partial charge in [-0.05, 0) is 72.9 Å². The van der Waals surface area contributed by atoms with Crippen LogP contribution < -0.4 is 10.6 Å². The Morgan fingerprint density at radius 3 is 2.63 bits per heavy atom. The summed E-state index contributed by atoms with van der Waals surface area (Å²) in [5.41, 5.74) is 2.00. The number of piperidine rings is 1. The second-order valence-electron chi connectivity index (χ2n) is 5.74. The number of rotatable bonds is 2. The molecule has 0 saturated carbocycles. The SMILES string of the molecule is Cc1ccc(C(=O)NC2CC3CCC(C2)N3)cc1I. The smallest absolute Gasteiger partial charge is 0.251 e. The monoisotopic (exact) mass is 370 g/mol. The minimum absolute atomic E-state index is 0.0733. The molecule has 0 spiro atoms. The summed E-state index contributed by atoms with van der Waals surface area (Å²) < 4.78 is 1.15. The Labute approximate surface area is 127 Å². The van der Waals surface area contributed by atoms with Gasteiger partial charge in [-0.3, -0.25) is 4.79 Å². The number of aryl methyl sites for hydroxylation is 1. The van der Waals surface area contributed by atoms with Crippen LogP contribution in [0, 0.1) is 10.5 Å². The van der Waals surface area contributed by atoms with Gasteiger partial charge in [0.2, 0.25) is 0 Å². The summed E-state index contributed by atoms with van der Waals surface area (Å²) in [6, 6.07) is 7.47. The molecule has 2 aliphatic rings. The number of amides is 1. The molecule has 2 unspecified atom stereocenters. The molecular formula is C15H19IN2O. The molecule has 0 aliphatic carbocycles. The molecule has 2 bridgehead atoms. The fourth-order valence-corrected chi connectivity index (χ4v) is 3.69. The lowest BCUT2D eigenvalue weighted by atomic mass is 9.99. The Balaban J connectivity index is 1.66. The Morgan fingerprint density at radius 2 is 2.00 bits per heavy atom. The summed E-state index contributed by atoms with van der Waals surface area (Å²) in [6.07, 6.45) is 4.68. The van der Waals surface area contributed by atoms with E-state index >= 15 is 0 Å². The van der Waals surface area contributed by atoms with Crippen molar-refractivity contribution in [3.05, 3.63) is 32.9 Å². The van der Waals surface area contributed by atoms with Gasteiger partial charge in [0.05, 0.1) is 0 Å². The molecule has 3 rings (SSSR count). The number of hydrogen-bond donors (Lipinski definition) is 2. The van der Waals surface area contributed by atoms with Crippen LogP contribution in [-0.4, -0.2) is 24.0 Å². The topological polar surface area (TPSA) is 41.1 Å². The predicted octanol–water partition coefficient (Wildman–Crippen LogP) is 2.61. The Morgan fingerprint density at radius 1 is 1.32 bits per heavy atom. The average Bonchev–Trinajstić information content (AvgIpc) is 2.72. The molecule has 3 nitrogen and oxygen atoms in total.